The van der Waals surface area contributed by atoms with Gasteiger partial charge in [0.1, 0.15) is 0 Å². The fourth-order valence-corrected chi connectivity index (χ4v) is 5.10. The molecule has 0 spiro atoms. The second-order valence-electron chi connectivity index (χ2n) is 10.4. The van der Waals surface area contributed by atoms with E-state index in [0.717, 1.165) is 23.9 Å². The van der Waals surface area contributed by atoms with Crippen molar-refractivity contribution in [2.45, 2.75) is 52.1 Å². The molecular weight excluding hydrogens is 346 g/mol. The van der Waals surface area contributed by atoms with E-state index in [4.69, 9.17) is 0 Å². The molecule has 0 aromatic rings. The Kier molecular flexibility index (Phi) is 10.2. The average molecular weight is 396 g/mol. The van der Waals surface area contributed by atoms with E-state index in [1.807, 2.05) is 0 Å². The van der Waals surface area contributed by atoms with Crippen LogP contribution in [0.3, 0.4) is 0 Å². The van der Waals surface area contributed by atoms with Gasteiger partial charge in [0, 0.05) is 71.0 Å². The van der Waals surface area contributed by atoms with Gasteiger partial charge in [0.2, 0.25) is 0 Å². The van der Waals surface area contributed by atoms with Crippen LogP contribution in [0.25, 0.3) is 0 Å². The summed E-state index contributed by atoms with van der Waals surface area (Å²) in [7, 11) is 8.95. The van der Waals surface area contributed by atoms with Crippen molar-refractivity contribution in [2.75, 3.05) is 87.1 Å². The summed E-state index contributed by atoms with van der Waals surface area (Å²) in [5.41, 5.74) is 0. The van der Waals surface area contributed by atoms with Crippen LogP contribution >= 0.6 is 0 Å². The van der Waals surface area contributed by atoms with Crippen molar-refractivity contribution >= 4 is 0 Å². The minimum atomic E-state index is 0.722. The number of piperazine rings is 2. The van der Waals surface area contributed by atoms with Crippen molar-refractivity contribution in [3.05, 3.63) is 0 Å². The van der Waals surface area contributed by atoms with Gasteiger partial charge in [-0.25, -0.2) is 0 Å². The molecule has 0 bridgehead atoms. The summed E-state index contributed by atoms with van der Waals surface area (Å²) in [4.78, 5) is 12.8. The Morgan fingerprint density at radius 2 is 1.54 bits per heavy atom. The van der Waals surface area contributed by atoms with Gasteiger partial charge in [0.05, 0.1) is 0 Å². The van der Waals surface area contributed by atoms with Crippen LogP contribution in [0.2, 0.25) is 0 Å². The summed E-state index contributed by atoms with van der Waals surface area (Å²) in [6.45, 7) is 18.5. The van der Waals surface area contributed by atoms with Gasteiger partial charge >= 0.3 is 0 Å². The Morgan fingerprint density at radius 1 is 0.857 bits per heavy atom. The van der Waals surface area contributed by atoms with Crippen molar-refractivity contribution in [3.63, 3.8) is 0 Å². The second-order valence-corrected chi connectivity index (χ2v) is 10.4. The fraction of sp³-hybridized carbons (Fsp3) is 1.00. The molecule has 0 amide bonds. The Bertz CT molecular complexity index is 421. The van der Waals surface area contributed by atoms with Gasteiger partial charge in [0.25, 0.3) is 0 Å². The van der Waals surface area contributed by atoms with Crippen LogP contribution in [0, 0.1) is 11.8 Å². The van der Waals surface area contributed by atoms with Crippen LogP contribution in [-0.2, 0) is 0 Å². The highest BCUT2D eigenvalue weighted by atomic mass is 15.3. The lowest BCUT2D eigenvalue weighted by molar-refractivity contribution is 0.0673. The molecule has 5 nitrogen and oxygen atoms in total. The molecule has 2 fully saturated rings. The first-order valence-electron chi connectivity index (χ1n) is 11.7. The van der Waals surface area contributed by atoms with E-state index in [1.165, 1.54) is 78.2 Å². The van der Waals surface area contributed by atoms with Crippen LogP contribution in [0.4, 0.5) is 0 Å². The molecule has 2 aliphatic rings. The van der Waals surface area contributed by atoms with Gasteiger partial charge in [-0.3, -0.25) is 4.90 Å². The van der Waals surface area contributed by atoms with E-state index >= 15 is 0 Å². The molecule has 4 unspecified atom stereocenters. The SMILES string of the molecule is CC(CC1CN(CC(C)CCC(C)N2CCN(C)CC2)CCN1C)CN(C)C. The number of hydrogen-bond acceptors (Lipinski definition) is 5. The number of rotatable bonds is 10. The van der Waals surface area contributed by atoms with Crippen molar-refractivity contribution in [1.82, 2.24) is 24.5 Å². The molecule has 5 heteroatoms. The van der Waals surface area contributed by atoms with Gasteiger partial charge in [-0.05, 0) is 66.2 Å². The Hall–Kier alpha value is -0.200. The summed E-state index contributed by atoms with van der Waals surface area (Å²) in [5.74, 6) is 1.57. The zero-order valence-corrected chi connectivity index (χ0v) is 20.0. The highest BCUT2D eigenvalue weighted by Crippen LogP contribution is 2.20. The van der Waals surface area contributed by atoms with Crippen LogP contribution in [0.5, 0.6) is 0 Å². The summed E-state index contributed by atoms with van der Waals surface area (Å²) in [5, 5.41) is 0. The third kappa shape index (κ3) is 8.27. The fourth-order valence-electron chi connectivity index (χ4n) is 5.10. The lowest BCUT2D eigenvalue weighted by atomic mass is 9.96. The average Bonchev–Trinajstić information content (AvgIpc) is 2.62. The van der Waals surface area contributed by atoms with Crippen molar-refractivity contribution in [2.24, 2.45) is 11.8 Å². The van der Waals surface area contributed by atoms with Gasteiger partial charge < -0.3 is 19.6 Å². The highest BCUT2D eigenvalue weighted by Gasteiger charge is 2.27. The van der Waals surface area contributed by atoms with E-state index in [9.17, 15) is 0 Å². The monoisotopic (exact) mass is 395 g/mol. The summed E-state index contributed by atoms with van der Waals surface area (Å²) in [6.07, 6.45) is 4.03. The zero-order chi connectivity index (χ0) is 20.7. The third-order valence-electron chi connectivity index (χ3n) is 7.02. The summed E-state index contributed by atoms with van der Waals surface area (Å²) < 4.78 is 0. The topological polar surface area (TPSA) is 16.2 Å². The maximum absolute atomic E-state index is 2.75. The molecular formula is C23H49N5. The van der Waals surface area contributed by atoms with Gasteiger partial charge in [-0.15, -0.1) is 0 Å². The Labute approximate surface area is 176 Å². The Morgan fingerprint density at radius 3 is 2.18 bits per heavy atom. The summed E-state index contributed by atoms with van der Waals surface area (Å²) >= 11 is 0. The molecule has 0 N–H and O–H groups in total. The van der Waals surface area contributed by atoms with Gasteiger partial charge in [0.15, 0.2) is 0 Å². The van der Waals surface area contributed by atoms with Crippen LogP contribution < -0.4 is 0 Å². The first-order valence-corrected chi connectivity index (χ1v) is 11.7. The largest absolute Gasteiger partial charge is 0.309 e. The molecule has 2 saturated heterocycles. The van der Waals surface area contributed by atoms with Crippen LogP contribution in [0.1, 0.15) is 40.0 Å². The minimum absolute atomic E-state index is 0.722. The normalized spacial score (nSPS) is 27.2. The van der Waals surface area contributed by atoms with E-state index in [-0.39, 0.29) is 0 Å². The molecule has 166 valence electrons. The number of likely N-dealkylation sites (N-methyl/N-ethyl adjacent to an activating group) is 2. The lowest BCUT2D eigenvalue weighted by Crippen LogP contribution is -2.53. The maximum atomic E-state index is 2.75. The molecule has 0 aliphatic carbocycles. The van der Waals surface area contributed by atoms with Gasteiger partial charge in [-0.1, -0.05) is 13.8 Å². The predicted octanol–water partition coefficient (Wildman–Crippen LogP) is 2.24. The van der Waals surface area contributed by atoms with Crippen molar-refractivity contribution < 1.29 is 0 Å². The van der Waals surface area contributed by atoms with Gasteiger partial charge in [-0.2, -0.15) is 0 Å². The molecule has 0 saturated carbocycles. The van der Waals surface area contributed by atoms with Crippen LogP contribution in [0.15, 0.2) is 0 Å². The minimum Gasteiger partial charge on any atom is -0.309 e. The quantitative estimate of drug-likeness (QED) is 0.562. The van der Waals surface area contributed by atoms with E-state index in [0.29, 0.717) is 0 Å². The molecule has 2 rings (SSSR count). The standard InChI is InChI=1S/C23H49N5/c1-20(8-9-22(3)28-14-10-25(6)11-15-28)18-27-13-12-26(7)23(19-27)16-21(2)17-24(4)5/h20-23H,8-19H2,1-7H3. The number of hydrogen-bond donors (Lipinski definition) is 0. The van der Waals surface area contributed by atoms with Crippen molar-refractivity contribution in [1.29, 1.82) is 0 Å². The Balaban J connectivity index is 1.70. The molecule has 2 heterocycles. The predicted molar refractivity (Wildman–Crippen MR) is 122 cm³/mol. The maximum Gasteiger partial charge on any atom is 0.0223 e. The molecule has 28 heavy (non-hydrogen) atoms. The van der Waals surface area contributed by atoms with Crippen LogP contribution in [-0.4, -0.2) is 124 Å². The number of nitrogens with zero attached hydrogens (tertiary/aromatic N) is 5. The zero-order valence-electron chi connectivity index (χ0n) is 20.0. The van der Waals surface area contributed by atoms with E-state index in [1.54, 1.807) is 0 Å². The van der Waals surface area contributed by atoms with E-state index in [2.05, 4.69) is 73.5 Å². The lowest BCUT2D eigenvalue weighted by Gasteiger charge is -2.42. The van der Waals surface area contributed by atoms with E-state index < -0.39 is 0 Å². The molecule has 4 atom stereocenters. The first kappa shape index (κ1) is 24.1. The summed E-state index contributed by atoms with van der Waals surface area (Å²) in [6, 6.07) is 1.46. The molecule has 2 aliphatic heterocycles. The van der Waals surface area contributed by atoms with Crippen molar-refractivity contribution in [3.8, 4) is 0 Å². The second kappa shape index (κ2) is 11.8. The third-order valence-corrected chi connectivity index (χ3v) is 7.02. The molecule has 0 aromatic carbocycles. The smallest absolute Gasteiger partial charge is 0.0223 e. The highest BCUT2D eigenvalue weighted by molar-refractivity contribution is 4.83. The first-order chi connectivity index (χ1) is 13.2. The molecule has 0 aromatic heterocycles. The molecule has 0 radical (unpaired) electrons.